The van der Waals surface area contributed by atoms with Crippen LogP contribution in [0.4, 0.5) is 8.78 Å². The van der Waals surface area contributed by atoms with E-state index < -0.39 is 17.7 Å². The Labute approximate surface area is 136 Å². The van der Waals surface area contributed by atoms with Crippen molar-refractivity contribution >= 4 is 27.5 Å². The number of benzene rings is 2. The summed E-state index contributed by atoms with van der Waals surface area (Å²) in [6, 6.07) is 9.40. The maximum atomic E-state index is 14.1. The van der Waals surface area contributed by atoms with Gasteiger partial charge in [-0.3, -0.25) is 0 Å². The maximum absolute atomic E-state index is 14.1. The van der Waals surface area contributed by atoms with E-state index in [4.69, 9.17) is 11.6 Å². The number of hydrogen-bond acceptors (Lipinski definition) is 1. The molecule has 5 heteroatoms. The first-order valence-electron chi connectivity index (χ1n) is 6.64. The second kappa shape index (κ2) is 7.34. The lowest BCUT2D eigenvalue weighted by Gasteiger charge is -2.20. The molecule has 1 nitrogen and oxygen atoms in total. The van der Waals surface area contributed by atoms with Gasteiger partial charge in [-0.05, 0) is 36.7 Å². The largest absolute Gasteiger partial charge is 0.310 e. The van der Waals surface area contributed by atoms with Crippen LogP contribution in [0.15, 0.2) is 40.9 Å². The lowest BCUT2D eigenvalue weighted by Crippen LogP contribution is -2.25. The monoisotopic (exact) mass is 373 g/mol. The standard InChI is InChI=1S/C16H15BrClF2N/c1-2-21-15(7-10-5-3-4-6-12(10)18)16-13(19)8-11(17)9-14(16)20/h3-6,8-9,15,21H,2,7H2,1H3. The van der Waals surface area contributed by atoms with Gasteiger partial charge in [-0.15, -0.1) is 0 Å². The van der Waals surface area contributed by atoms with Crippen molar-refractivity contribution in [3.8, 4) is 0 Å². The predicted octanol–water partition coefficient (Wildman–Crippen LogP) is 5.27. The van der Waals surface area contributed by atoms with Crippen LogP contribution in [0.25, 0.3) is 0 Å². The van der Waals surface area contributed by atoms with Crippen LogP contribution in [0.3, 0.4) is 0 Å². The molecular weight excluding hydrogens is 360 g/mol. The van der Waals surface area contributed by atoms with E-state index in [-0.39, 0.29) is 5.56 Å². The summed E-state index contributed by atoms with van der Waals surface area (Å²) < 4.78 is 28.7. The first-order chi connectivity index (χ1) is 10.0. The minimum absolute atomic E-state index is 0.0416. The van der Waals surface area contributed by atoms with Gasteiger partial charge >= 0.3 is 0 Å². The third-order valence-electron chi connectivity index (χ3n) is 3.22. The second-order valence-corrected chi connectivity index (χ2v) is 6.01. The summed E-state index contributed by atoms with van der Waals surface area (Å²) in [5.41, 5.74) is 0.895. The fraction of sp³-hybridized carbons (Fsp3) is 0.250. The van der Waals surface area contributed by atoms with Gasteiger partial charge in [-0.2, -0.15) is 0 Å². The Morgan fingerprint density at radius 3 is 2.38 bits per heavy atom. The predicted molar refractivity (Wildman–Crippen MR) is 85.6 cm³/mol. The van der Waals surface area contributed by atoms with Gasteiger partial charge in [0, 0.05) is 21.1 Å². The molecule has 0 fully saturated rings. The van der Waals surface area contributed by atoms with E-state index in [0.29, 0.717) is 22.5 Å². The molecule has 112 valence electrons. The molecule has 0 radical (unpaired) electrons. The zero-order valence-electron chi connectivity index (χ0n) is 11.5. The number of rotatable bonds is 5. The molecule has 0 aliphatic heterocycles. The molecule has 0 spiro atoms. The van der Waals surface area contributed by atoms with Gasteiger partial charge in [0.25, 0.3) is 0 Å². The Morgan fingerprint density at radius 2 is 1.81 bits per heavy atom. The number of hydrogen-bond donors (Lipinski definition) is 1. The highest BCUT2D eigenvalue weighted by atomic mass is 79.9. The maximum Gasteiger partial charge on any atom is 0.132 e. The minimum Gasteiger partial charge on any atom is -0.310 e. The molecule has 0 aliphatic rings. The fourth-order valence-corrected chi connectivity index (χ4v) is 2.91. The summed E-state index contributed by atoms with van der Waals surface area (Å²) in [6.45, 7) is 2.50. The fourth-order valence-electron chi connectivity index (χ4n) is 2.29. The van der Waals surface area contributed by atoms with E-state index in [9.17, 15) is 8.78 Å². The zero-order valence-corrected chi connectivity index (χ0v) is 13.8. The Bertz CT molecular complexity index is 610. The van der Waals surface area contributed by atoms with Crippen molar-refractivity contribution in [3.05, 3.63) is 68.7 Å². The summed E-state index contributed by atoms with van der Waals surface area (Å²) in [4.78, 5) is 0. The highest BCUT2D eigenvalue weighted by Gasteiger charge is 2.21. The summed E-state index contributed by atoms with van der Waals surface area (Å²) in [5, 5.41) is 3.72. The quantitative estimate of drug-likeness (QED) is 0.751. The normalized spacial score (nSPS) is 12.4. The Balaban J connectivity index is 2.38. The van der Waals surface area contributed by atoms with Crippen LogP contribution < -0.4 is 5.32 Å². The lowest BCUT2D eigenvalue weighted by atomic mass is 9.97. The summed E-state index contributed by atoms with van der Waals surface area (Å²) in [7, 11) is 0. The van der Waals surface area contributed by atoms with Gasteiger partial charge in [-0.25, -0.2) is 8.78 Å². The first-order valence-corrected chi connectivity index (χ1v) is 7.81. The van der Waals surface area contributed by atoms with Crippen LogP contribution in [0.5, 0.6) is 0 Å². The molecule has 0 aliphatic carbocycles. The van der Waals surface area contributed by atoms with E-state index >= 15 is 0 Å². The molecule has 0 heterocycles. The van der Waals surface area contributed by atoms with Gasteiger partial charge < -0.3 is 5.32 Å². The van der Waals surface area contributed by atoms with Crippen molar-refractivity contribution in [2.24, 2.45) is 0 Å². The lowest BCUT2D eigenvalue weighted by molar-refractivity contribution is 0.472. The Morgan fingerprint density at radius 1 is 1.19 bits per heavy atom. The van der Waals surface area contributed by atoms with Gasteiger partial charge in [0.2, 0.25) is 0 Å². The van der Waals surface area contributed by atoms with Crippen LogP contribution in [-0.4, -0.2) is 6.54 Å². The number of nitrogens with one attached hydrogen (secondary N) is 1. The van der Waals surface area contributed by atoms with Crippen LogP contribution >= 0.6 is 27.5 Å². The molecule has 0 aromatic heterocycles. The Hall–Kier alpha value is -0.970. The molecule has 1 unspecified atom stereocenters. The van der Waals surface area contributed by atoms with E-state index in [1.807, 2.05) is 25.1 Å². The van der Waals surface area contributed by atoms with Gasteiger partial charge in [0.1, 0.15) is 11.6 Å². The third kappa shape index (κ3) is 4.02. The molecule has 0 bridgehead atoms. The van der Waals surface area contributed by atoms with Crippen molar-refractivity contribution in [3.63, 3.8) is 0 Å². The van der Waals surface area contributed by atoms with Crippen molar-refractivity contribution in [1.82, 2.24) is 5.32 Å². The molecular formula is C16H15BrClF2N. The van der Waals surface area contributed by atoms with Crippen LogP contribution in [0.1, 0.15) is 24.1 Å². The molecule has 2 rings (SSSR count). The SMILES string of the molecule is CCNC(Cc1ccccc1Cl)c1c(F)cc(Br)cc1F. The van der Waals surface area contributed by atoms with Crippen LogP contribution in [0.2, 0.25) is 5.02 Å². The number of halogens is 4. The van der Waals surface area contributed by atoms with Gasteiger partial charge in [0.15, 0.2) is 0 Å². The highest BCUT2D eigenvalue weighted by molar-refractivity contribution is 9.10. The van der Waals surface area contributed by atoms with Gasteiger partial charge in [0.05, 0.1) is 0 Å². The van der Waals surface area contributed by atoms with Crippen molar-refractivity contribution in [2.45, 2.75) is 19.4 Å². The van der Waals surface area contributed by atoms with E-state index in [1.165, 1.54) is 12.1 Å². The molecule has 1 N–H and O–H groups in total. The number of likely N-dealkylation sites (N-methyl/N-ethyl adjacent to an activating group) is 1. The Kier molecular flexibility index (Phi) is 5.73. The zero-order chi connectivity index (χ0) is 15.4. The van der Waals surface area contributed by atoms with Gasteiger partial charge in [-0.1, -0.05) is 52.7 Å². The minimum atomic E-state index is -0.570. The molecule has 0 saturated carbocycles. The van der Waals surface area contributed by atoms with E-state index in [1.54, 1.807) is 6.07 Å². The second-order valence-electron chi connectivity index (χ2n) is 4.69. The topological polar surface area (TPSA) is 12.0 Å². The molecule has 2 aromatic carbocycles. The van der Waals surface area contributed by atoms with E-state index in [2.05, 4.69) is 21.2 Å². The highest BCUT2D eigenvalue weighted by Crippen LogP contribution is 2.29. The first kappa shape index (κ1) is 16.4. The average Bonchev–Trinajstić information content (AvgIpc) is 2.40. The van der Waals surface area contributed by atoms with Crippen molar-refractivity contribution in [1.29, 1.82) is 0 Å². The van der Waals surface area contributed by atoms with Crippen molar-refractivity contribution < 1.29 is 8.78 Å². The molecule has 0 amide bonds. The average molecular weight is 375 g/mol. The smallest absolute Gasteiger partial charge is 0.132 e. The summed E-state index contributed by atoms with van der Waals surface area (Å²) in [5.74, 6) is -1.14. The third-order valence-corrected chi connectivity index (χ3v) is 4.05. The van der Waals surface area contributed by atoms with Crippen molar-refractivity contribution in [2.75, 3.05) is 6.54 Å². The summed E-state index contributed by atoms with van der Waals surface area (Å²) in [6.07, 6.45) is 0.420. The summed E-state index contributed by atoms with van der Waals surface area (Å²) >= 11 is 9.23. The van der Waals surface area contributed by atoms with Crippen LogP contribution in [0, 0.1) is 11.6 Å². The van der Waals surface area contributed by atoms with Crippen LogP contribution in [-0.2, 0) is 6.42 Å². The molecule has 0 saturated heterocycles. The molecule has 2 aromatic rings. The molecule has 1 atom stereocenters. The molecule has 21 heavy (non-hydrogen) atoms. The van der Waals surface area contributed by atoms with E-state index in [0.717, 1.165) is 5.56 Å².